The Kier molecular flexibility index (Phi) is 5.63. The van der Waals surface area contributed by atoms with Crippen molar-refractivity contribution in [3.63, 3.8) is 0 Å². The second kappa shape index (κ2) is 7.69. The second-order valence-corrected chi connectivity index (χ2v) is 5.09. The molecule has 4 nitrogen and oxygen atoms in total. The van der Waals surface area contributed by atoms with Crippen LogP contribution in [0.5, 0.6) is 17.2 Å². The van der Waals surface area contributed by atoms with Gasteiger partial charge < -0.3 is 14.2 Å². The van der Waals surface area contributed by atoms with Gasteiger partial charge in [0.1, 0.15) is 30.5 Å². The lowest BCUT2D eigenvalue weighted by Gasteiger charge is -2.11. The SMILES string of the molecule is COc1ccc(C=O)c(OCCOc2ccc(Br)cc2)c1. The topological polar surface area (TPSA) is 44.8 Å². The number of aldehydes is 1. The zero-order valence-corrected chi connectivity index (χ0v) is 13.1. The summed E-state index contributed by atoms with van der Waals surface area (Å²) in [6.07, 6.45) is 0.754. The van der Waals surface area contributed by atoms with Crippen molar-refractivity contribution in [1.29, 1.82) is 0 Å². The van der Waals surface area contributed by atoms with Gasteiger partial charge in [-0.25, -0.2) is 0 Å². The molecule has 110 valence electrons. The maximum Gasteiger partial charge on any atom is 0.153 e. The monoisotopic (exact) mass is 350 g/mol. The lowest BCUT2D eigenvalue weighted by atomic mass is 10.2. The summed E-state index contributed by atoms with van der Waals surface area (Å²) in [6.45, 7) is 0.723. The molecular formula is C16H15BrO4. The van der Waals surface area contributed by atoms with E-state index >= 15 is 0 Å². The highest BCUT2D eigenvalue weighted by molar-refractivity contribution is 9.10. The van der Waals surface area contributed by atoms with Crippen molar-refractivity contribution in [2.45, 2.75) is 0 Å². The van der Waals surface area contributed by atoms with Gasteiger partial charge in [-0.15, -0.1) is 0 Å². The summed E-state index contributed by atoms with van der Waals surface area (Å²) in [7, 11) is 1.57. The van der Waals surface area contributed by atoms with Gasteiger partial charge in [0.2, 0.25) is 0 Å². The normalized spacial score (nSPS) is 10.0. The third kappa shape index (κ3) is 4.49. The van der Waals surface area contributed by atoms with Crippen LogP contribution in [0.15, 0.2) is 46.9 Å². The van der Waals surface area contributed by atoms with Crippen LogP contribution in [0, 0.1) is 0 Å². The van der Waals surface area contributed by atoms with Gasteiger partial charge in [0.25, 0.3) is 0 Å². The van der Waals surface area contributed by atoms with E-state index in [1.807, 2.05) is 24.3 Å². The Labute approximate surface area is 131 Å². The van der Waals surface area contributed by atoms with Crippen LogP contribution in [0.2, 0.25) is 0 Å². The van der Waals surface area contributed by atoms with Crippen molar-refractivity contribution >= 4 is 22.2 Å². The van der Waals surface area contributed by atoms with E-state index in [0.29, 0.717) is 30.3 Å². The number of methoxy groups -OCH3 is 1. The van der Waals surface area contributed by atoms with Crippen molar-refractivity contribution in [2.75, 3.05) is 20.3 Å². The quantitative estimate of drug-likeness (QED) is 0.563. The van der Waals surface area contributed by atoms with Crippen molar-refractivity contribution < 1.29 is 19.0 Å². The summed E-state index contributed by atoms with van der Waals surface area (Å²) < 4.78 is 17.2. The fourth-order valence-corrected chi connectivity index (χ4v) is 1.97. The molecule has 0 radical (unpaired) electrons. The van der Waals surface area contributed by atoms with Gasteiger partial charge >= 0.3 is 0 Å². The molecule has 0 fully saturated rings. The highest BCUT2D eigenvalue weighted by Gasteiger charge is 2.05. The first-order valence-corrected chi connectivity index (χ1v) is 7.16. The van der Waals surface area contributed by atoms with E-state index in [-0.39, 0.29) is 0 Å². The minimum atomic E-state index is 0.337. The summed E-state index contributed by atoms with van der Waals surface area (Å²) in [6, 6.07) is 12.6. The maximum absolute atomic E-state index is 11.0. The molecule has 0 aliphatic heterocycles. The van der Waals surface area contributed by atoms with E-state index in [1.54, 1.807) is 25.3 Å². The van der Waals surface area contributed by atoms with Crippen LogP contribution < -0.4 is 14.2 Å². The number of benzene rings is 2. The van der Waals surface area contributed by atoms with Gasteiger partial charge in [0.15, 0.2) is 6.29 Å². The van der Waals surface area contributed by atoms with E-state index in [9.17, 15) is 4.79 Å². The third-order valence-electron chi connectivity index (χ3n) is 2.77. The highest BCUT2D eigenvalue weighted by Crippen LogP contribution is 2.23. The predicted molar refractivity (Wildman–Crippen MR) is 83.5 cm³/mol. The summed E-state index contributed by atoms with van der Waals surface area (Å²) in [5.41, 5.74) is 0.486. The van der Waals surface area contributed by atoms with Gasteiger partial charge in [0.05, 0.1) is 12.7 Å². The van der Waals surface area contributed by atoms with E-state index in [2.05, 4.69) is 15.9 Å². The summed E-state index contributed by atoms with van der Waals surface area (Å²) in [5.74, 6) is 1.90. The fourth-order valence-electron chi connectivity index (χ4n) is 1.71. The minimum absolute atomic E-state index is 0.337. The molecule has 21 heavy (non-hydrogen) atoms. The number of halogens is 1. The molecule has 5 heteroatoms. The minimum Gasteiger partial charge on any atom is -0.497 e. The Bertz CT molecular complexity index is 596. The number of carbonyl (C=O) groups is 1. The van der Waals surface area contributed by atoms with E-state index in [4.69, 9.17) is 14.2 Å². The summed E-state index contributed by atoms with van der Waals surface area (Å²) in [5, 5.41) is 0. The molecule has 0 aromatic heterocycles. The number of hydrogen-bond acceptors (Lipinski definition) is 4. The Hall–Kier alpha value is -2.01. The van der Waals surface area contributed by atoms with Gasteiger partial charge in [-0.3, -0.25) is 4.79 Å². The molecule has 0 aliphatic carbocycles. The molecule has 0 N–H and O–H groups in total. The largest absolute Gasteiger partial charge is 0.497 e. The second-order valence-electron chi connectivity index (χ2n) is 4.17. The Balaban J connectivity index is 1.88. The van der Waals surface area contributed by atoms with Crippen LogP contribution in [0.4, 0.5) is 0 Å². The Morgan fingerprint density at radius 1 is 1.00 bits per heavy atom. The van der Waals surface area contributed by atoms with E-state index in [1.165, 1.54) is 0 Å². The van der Waals surface area contributed by atoms with Gasteiger partial charge in [0, 0.05) is 10.5 Å². The fraction of sp³-hybridized carbons (Fsp3) is 0.188. The zero-order valence-electron chi connectivity index (χ0n) is 11.5. The lowest BCUT2D eigenvalue weighted by Crippen LogP contribution is -2.10. The number of hydrogen-bond donors (Lipinski definition) is 0. The van der Waals surface area contributed by atoms with E-state index in [0.717, 1.165) is 16.5 Å². The van der Waals surface area contributed by atoms with E-state index < -0.39 is 0 Å². The standard InChI is InChI=1S/C16H15BrO4/c1-19-15-5-2-12(11-18)16(10-15)21-9-8-20-14-6-3-13(17)4-7-14/h2-7,10-11H,8-9H2,1H3. The molecule has 2 aromatic rings. The first-order chi connectivity index (χ1) is 10.2. The van der Waals surface area contributed by atoms with Crippen LogP contribution >= 0.6 is 15.9 Å². The molecule has 0 atom stereocenters. The average molecular weight is 351 g/mol. The molecule has 0 bridgehead atoms. The van der Waals surface area contributed by atoms with Crippen molar-refractivity contribution in [2.24, 2.45) is 0 Å². The zero-order chi connectivity index (χ0) is 15.1. The summed E-state index contributed by atoms with van der Waals surface area (Å²) >= 11 is 3.36. The van der Waals surface area contributed by atoms with Gasteiger partial charge in [-0.05, 0) is 36.4 Å². The molecule has 0 aliphatic rings. The lowest BCUT2D eigenvalue weighted by molar-refractivity contribution is 0.111. The van der Waals surface area contributed by atoms with Crippen molar-refractivity contribution in [3.05, 3.63) is 52.5 Å². The van der Waals surface area contributed by atoms with Crippen LogP contribution in [0.25, 0.3) is 0 Å². The van der Waals surface area contributed by atoms with Crippen LogP contribution in [-0.4, -0.2) is 26.6 Å². The van der Waals surface area contributed by atoms with Gasteiger partial charge in [-0.2, -0.15) is 0 Å². The number of ether oxygens (including phenoxy) is 3. The smallest absolute Gasteiger partial charge is 0.153 e. The predicted octanol–water partition coefficient (Wildman–Crippen LogP) is 3.73. The average Bonchev–Trinajstić information content (AvgIpc) is 2.53. The molecule has 2 rings (SSSR count). The van der Waals surface area contributed by atoms with Crippen molar-refractivity contribution in [1.82, 2.24) is 0 Å². The maximum atomic E-state index is 11.0. The Morgan fingerprint density at radius 3 is 2.33 bits per heavy atom. The summed E-state index contributed by atoms with van der Waals surface area (Å²) in [4.78, 5) is 11.0. The molecule has 0 amide bonds. The molecule has 0 heterocycles. The van der Waals surface area contributed by atoms with Crippen LogP contribution in [-0.2, 0) is 0 Å². The molecule has 2 aromatic carbocycles. The van der Waals surface area contributed by atoms with Crippen LogP contribution in [0.1, 0.15) is 10.4 Å². The molecule has 0 saturated carbocycles. The van der Waals surface area contributed by atoms with Crippen molar-refractivity contribution in [3.8, 4) is 17.2 Å². The third-order valence-corrected chi connectivity index (χ3v) is 3.30. The molecule has 0 spiro atoms. The number of rotatable bonds is 7. The highest BCUT2D eigenvalue weighted by atomic mass is 79.9. The molecule has 0 saturated heterocycles. The first-order valence-electron chi connectivity index (χ1n) is 6.37. The first kappa shape index (κ1) is 15.4. The number of carbonyl (C=O) groups excluding carboxylic acids is 1. The molecular weight excluding hydrogens is 336 g/mol. The molecule has 0 unspecified atom stereocenters. The van der Waals surface area contributed by atoms with Crippen LogP contribution in [0.3, 0.4) is 0 Å². The Morgan fingerprint density at radius 2 is 1.67 bits per heavy atom. The van der Waals surface area contributed by atoms with Gasteiger partial charge in [-0.1, -0.05) is 15.9 Å².